The van der Waals surface area contributed by atoms with Crippen molar-refractivity contribution in [3.63, 3.8) is 0 Å². The second-order valence-electron chi connectivity index (χ2n) is 1.79. The molecule has 0 saturated carbocycles. The zero-order chi connectivity index (χ0) is 8.43. The number of methoxy groups -OCH3 is 1. The van der Waals surface area contributed by atoms with E-state index in [-0.39, 0.29) is 5.69 Å². The van der Waals surface area contributed by atoms with Gasteiger partial charge in [-0.2, -0.15) is 4.79 Å². The van der Waals surface area contributed by atoms with Gasteiger partial charge in [-0.1, -0.05) is 0 Å². The van der Waals surface area contributed by atoms with Gasteiger partial charge in [0.2, 0.25) is 0 Å². The van der Waals surface area contributed by atoms with Crippen LogP contribution in [0, 0.1) is 0 Å². The molecule has 0 atom stereocenters. The number of halogens is 1. The number of ether oxygens (including phenoxy) is 1. The standard InChI is InChI=1S/C5H6BrN3O2/c1-11-5(10)3-2-4(6)8-9(3)7/h2H,7H2,1H3. The number of esters is 1. The molecule has 5 nitrogen and oxygen atoms in total. The average Bonchev–Trinajstić information content (AvgIpc) is 2.28. The van der Waals surface area contributed by atoms with E-state index < -0.39 is 5.97 Å². The van der Waals surface area contributed by atoms with Crippen LogP contribution in [-0.2, 0) is 4.74 Å². The molecule has 0 aliphatic rings. The predicted octanol–water partition coefficient (Wildman–Crippen LogP) is 0.146. The number of hydrogen-bond donors (Lipinski definition) is 1. The lowest BCUT2D eigenvalue weighted by Gasteiger charge is -1.96. The van der Waals surface area contributed by atoms with E-state index in [4.69, 9.17) is 5.84 Å². The van der Waals surface area contributed by atoms with Crippen LogP contribution < -0.4 is 5.84 Å². The molecule has 0 bridgehead atoms. The first kappa shape index (κ1) is 8.06. The Balaban J connectivity index is 3.03. The molecule has 0 fully saturated rings. The second-order valence-corrected chi connectivity index (χ2v) is 2.60. The third kappa shape index (κ3) is 1.51. The SMILES string of the molecule is COC(=O)c1cc(Br)nn1N. The summed E-state index contributed by atoms with van der Waals surface area (Å²) in [4.78, 5) is 11.8. The number of carbonyl (C=O) groups excluding carboxylic acids is 1. The normalized spacial score (nSPS) is 9.64. The van der Waals surface area contributed by atoms with Crippen LogP contribution >= 0.6 is 15.9 Å². The molecule has 1 heterocycles. The highest BCUT2D eigenvalue weighted by molar-refractivity contribution is 9.10. The van der Waals surface area contributed by atoms with E-state index in [1.54, 1.807) is 0 Å². The summed E-state index contributed by atoms with van der Waals surface area (Å²) in [6, 6.07) is 1.48. The lowest BCUT2D eigenvalue weighted by atomic mass is 10.4. The van der Waals surface area contributed by atoms with Gasteiger partial charge in [0.1, 0.15) is 4.60 Å². The van der Waals surface area contributed by atoms with Gasteiger partial charge < -0.3 is 10.6 Å². The van der Waals surface area contributed by atoms with E-state index >= 15 is 0 Å². The summed E-state index contributed by atoms with van der Waals surface area (Å²) < 4.78 is 4.93. The van der Waals surface area contributed by atoms with Gasteiger partial charge >= 0.3 is 5.97 Å². The lowest BCUT2D eigenvalue weighted by Crippen LogP contribution is -2.18. The second kappa shape index (κ2) is 2.91. The van der Waals surface area contributed by atoms with E-state index in [2.05, 4.69) is 25.8 Å². The molecule has 60 valence electrons. The first-order valence-electron chi connectivity index (χ1n) is 2.74. The fourth-order valence-electron chi connectivity index (χ4n) is 0.622. The molecule has 1 aromatic heterocycles. The largest absolute Gasteiger partial charge is 0.464 e. The Hall–Kier alpha value is -1.04. The quantitative estimate of drug-likeness (QED) is 0.540. The van der Waals surface area contributed by atoms with E-state index in [9.17, 15) is 4.79 Å². The van der Waals surface area contributed by atoms with Gasteiger partial charge in [0, 0.05) is 6.07 Å². The summed E-state index contributed by atoms with van der Waals surface area (Å²) in [7, 11) is 1.28. The lowest BCUT2D eigenvalue weighted by molar-refractivity contribution is 0.0589. The zero-order valence-corrected chi connectivity index (χ0v) is 7.33. The monoisotopic (exact) mass is 219 g/mol. The summed E-state index contributed by atoms with van der Waals surface area (Å²) >= 11 is 3.06. The fraction of sp³-hybridized carbons (Fsp3) is 0.200. The predicted molar refractivity (Wildman–Crippen MR) is 41.4 cm³/mol. The number of hydrogen-bond acceptors (Lipinski definition) is 4. The van der Waals surface area contributed by atoms with Gasteiger partial charge in [-0.05, 0) is 15.9 Å². The Morgan fingerprint density at radius 1 is 1.91 bits per heavy atom. The first-order valence-corrected chi connectivity index (χ1v) is 3.53. The Bertz CT molecular complexity index is 283. The van der Waals surface area contributed by atoms with Crippen LogP contribution in [0.2, 0.25) is 0 Å². The van der Waals surface area contributed by atoms with Gasteiger partial charge in [-0.3, -0.25) is 0 Å². The topological polar surface area (TPSA) is 70.1 Å². The van der Waals surface area contributed by atoms with Crippen molar-refractivity contribution in [2.45, 2.75) is 0 Å². The first-order chi connectivity index (χ1) is 5.15. The summed E-state index contributed by atoms with van der Waals surface area (Å²) in [6.07, 6.45) is 0. The smallest absolute Gasteiger partial charge is 0.358 e. The summed E-state index contributed by atoms with van der Waals surface area (Å²) in [5.41, 5.74) is 0.208. The maximum absolute atomic E-state index is 10.9. The minimum atomic E-state index is -0.509. The number of nitrogens with two attached hydrogens (primary N) is 1. The van der Waals surface area contributed by atoms with E-state index in [0.29, 0.717) is 4.60 Å². The van der Waals surface area contributed by atoms with Crippen LogP contribution in [0.15, 0.2) is 10.7 Å². The highest BCUT2D eigenvalue weighted by Gasteiger charge is 2.12. The molecule has 2 N–H and O–H groups in total. The Morgan fingerprint density at radius 3 is 2.91 bits per heavy atom. The van der Waals surface area contributed by atoms with Crippen molar-refractivity contribution in [2.75, 3.05) is 13.0 Å². The van der Waals surface area contributed by atoms with Crippen LogP contribution in [0.1, 0.15) is 10.5 Å². The van der Waals surface area contributed by atoms with Crippen LogP contribution in [0.4, 0.5) is 0 Å². The summed E-state index contributed by atoms with van der Waals surface area (Å²) in [5, 5.41) is 3.69. The maximum atomic E-state index is 10.9. The molecule has 0 aliphatic carbocycles. The van der Waals surface area contributed by atoms with Crippen molar-refractivity contribution >= 4 is 21.9 Å². The highest BCUT2D eigenvalue weighted by atomic mass is 79.9. The van der Waals surface area contributed by atoms with Gasteiger partial charge in [0.15, 0.2) is 5.69 Å². The van der Waals surface area contributed by atoms with Gasteiger partial charge in [0.05, 0.1) is 7.11 Å². The molecule has 0 aliphatic heterocycles. The third-order valence-corrected chi connectivity index (χ3v) is 1.49. The fourth-order valence-corrected chi connectivity index (χ4v) is 1.01. The van der Waals surface area contributed by atoms with E-state index in [0.717, 1.165) is 4.79 Å². The molecule has 0 radical (unpaired) electrons. The average molecular weight is 220 g/mol. The van der Waals surface area contributed by atoms with E-state index in [1.165, 1.54) is 13.2 Å². The molecule has 0 spiro atoms. The molecule has 1 aromatic rings. The molecule has 0 amide bonds. The van der Waals surface area contributed by atoms with E-state index in [1.807, 2.05) is 0 Å². The maximum Gasteiger partial charge on any atom is 0.358 e. The highest BCUT2D eigenvalue weighted by Crippen LogP contribution is 2.08. The van der Waals surface area contributed by atoms with Crippen molar-refractivity contribution < 1.29 is 9.53 Å². The zero-order valence-electron chi connectivity index (χ0n) is 5.74. The third-order valence-electron chi connectivity index (χ3n) is 1.10. The number of rotatable bonds is 1. The minimum absolute atomic E-state index is 0.208. The molecule has 0 aromatic carbocycles. The van der Waals surface area contributed by atoms with Gasteiger partial charge in [0.25, 0.3) is 0 Å². The van der Waals surface area contributed by atoms with Crippen molar-refractivity contribution in [1.29, 1.82) is 0 Å². The van der Waals surface area contributed by atoms with Crippen LogP contribution in [-0.4, -0.2) is 23.0 Å². The molecular formula is C5H6BrN3O2. The summed E-state index contributed by atoms with van der Waals surface area (Å²) in [6.45, 7) is 0. The van der Waals surface area contributed by atoms with Crippen molar-refractivity contribution in [2.24, 2.45) is 0 Å². The summed E-state index contributed by atoms with van der Waals surface area (Å²) in [5.74, 6) is 4.78. The number of nitrogen functional groups attached to an aromatic ring is 1. The molecule has 1 rings (SSSR count). The van der Waals surface area contributed by atoms with Crippen molar-refractivity contribution in [3.8, 4) is 0 Å². The minimum Gasteiger partial charge on any atom is -0.464 e. The Morgan fingerprint density at radius 2 is 2.55 bits per heavy atom. The van der Waals surface area contributed by atoms with Crippen molar-refractivity contribution in [3.05, 3.63) is 16.4 Å². The van der Waals surface area contributed by atoms with Crippen molar-refractivity contribution in [1.82, 2.24) is 9.89 Å². The van der Waals surface area contributed by atoms with Gasteiger partial charge in [-0.15, -0.1) is 5.10 Å². The number of carbonyl (C=O) groups is 1. The molecule has 11 heavy (non-hydrogen) atoms. The molecule has 0 saturated heterocycles. The Kier molecular flexibility index (Phi) is 2.13. The number of nitrogens with zero attached hydrogens (tertiary/aromatic N) is 2. The van der Waals surface area contributed by atoms with Gasteiger partial charge in [-0.25, -0.2) is 4.79 Å². The van der Waals surface area contributed by atoms with Crippen LogP contribution in [0.3, 0.4) is 0 Å². The van der Waals surface area contributed by atoms with Crippen LogP contribution in [0.25, 0.3) is 0 Å². The molecule has 0 unspecified atom stereocenters. The molecular weight excluding hydrogens is 214 g/mol. The Labute approximate surface area is 71.2 Å². The van der Waals surface area contributed by atoms with Crippen LogP contribution in [0.5, 0.6) is 0 Å². The molecule has 6 heteroatoms. The number of aromatic nitrogens is 2.